The number of carboxylic acid groups (broad SMARTS) is 2. The Morgan fingerprint density at radius 3 is 2.71 bits per heavy atom. The standard InChI is InChI=1S/C13H16N2O6/c1-7-2-3-21-11(14-7)6-15-5-8(12(17)18)10(16)4-9(15)13(19)20/h4-5,7,11,14H,2-3,6H2,1H3,(H,17,18)(H,19,20)/t7-,11+/m1/s1. The summed E-state index contributed by atoms with van der Waals surface area (Å²) in [5.74, 6) is -2.69. The van der Waals surface area contributed by atoms with Crippen molar-refractivity contribution >= 4 is 11.9 Å². The molecule has 21 heavy (non-hydrogen) atoms. The summed E-state index contributed by atoms with van der Waals surface area (Å²) in [5.41, 5.74) is -1.57. The lowest BCUT2D eigenvalue weighted by atomic mass is 10.2. The number of ether oxygens (including phenoxy) is 1. The van der Waals surface area contributed by atoms with E-state index in [-0.39, 0.29) is 18.3 Å². The fourth-order valence-corrected chi connectivity index (χ4v) is 2.19. The van der Waals surface area contributed by atoms with Gasteiger partial charge >= 0.3 is 11.9 Å². The van der Waals surface area contributed by atoms with Gasteiger partial charge in [0.05, 0.1) is 13.2 Å². The zero-order valence-corrected chi connectivity index (χ0v) is 11.4. The average Bonchev–Trinajstić information content (AvgIpc) is 2.39. The van der Waals surface area contributed by atoms with Crippen LogP contribution in [0.15, 0.2) is 17.1 Å². The second-order valence-electron chi connectivity index (χ2n) is 4.92. The van der Waals surface area contributed by atoms with Gasteiger partial charge in [0.25, 0.3) is 0 Å². The summed E-state index contributed by atoms with van der Waals surface area (Å²) in [4.78, 5) is 33.8. The molecule has 2 rings (SSSR count). The van der Waals surface area contributed by atoms with Crippen molar-refractivity contribution < 1.29 is 24.5 Å². The number of carbonyl (C=O) groups is 2. The Morgan fingerprint density at radius 2 is 2.14 bits per heavy atom. The summed E-state index contributed by atoms with van der Waals surface area (Å²) in [5, 5.41) is 21.2. The summed E-state index contributed by atoms with van der Waals surface area (Å²) in [6.07, 6.45) is 1.45. The Hall–Kier alpha value is -2.19. The molecule has 0 radical (unpaired) electrons. The lowest BCUT2D eigenvalue weighted by Crippen LogP contribution is -2.46. The van der Waals surface area contributed by atoms with E-state index in [2.05, 4.69) is 5.32 Å². The van der Waals surface area contributed by atoms with Gasteiger partial charge in [-0.15, -0.1) is 0 Å². The van der Waals surface area contributed by atoms with Gasteiger partial charge in [-0.1, -0.05) is 0 Å². The molecule has 0 aromatic carbocycles. The number of carboxylic acids is 2. The molecule has 8 heteroatoms. The first-order chi connectivity index (χ1) is 9.88. The number of aromatic carboxylic acids is 2. The molecule has 0 aliphatic carbocycles. The van der Waals surface area contributed by atoms with Crippen molar-refractivity contribution in [2.75, 3.05) is 6.61 Å². The van der Waals surface area contributed by atoms with Gasteiger partial charge in [-0.2, -0.15) is 0 Å². The predicted molar refractivity (Wildman–Crippen MR) is 71.6 cm³/mol. The summed E-state index contributed by atoms with van der Waals surface area (Å²) in [6, 6.07) is 1.04. The van der Waals surface area contributed by atoms with E-state index in [0.717, 1.165) is 18.7 Å². The molecule has 1 aliphatic heterocycles. The van der Waals surface area contributed by atoms with Crippen LogP contribution in [0.2, 0.25) is 0 Å². The molecule has 3 N–H and O–H groups in total. The molecule has 0 unspecified atom stereocenters. The Balaban J connectivity index is 2.35. The number of nitrogens with one attached hydrogen (secondary N) is 1. The molecule has 1 aromatic heterocycles. The maximum Gasteiger partial charge on any atom is 0.352 e. The van der Waals surface area contributed by atoms with Crippen molar-refractivity contribution in [1.82, 2.24) is 9.88 Å². The third kappa shape index (κ3) is 3.47. The van der Waals surface area contributed by atoms with E-state index in [1.807, 2.05) is 6.92 Å². The number of hydrogen-bond acceptors (Lipinski definition) is 5. The maximum atomic E-state index is 11.6. The van der Waals surface area contributed by atoms with E-state index in [0.29, 0.717) is 6.61 Å². The van der Waals surface area contributed by atoms with Gasteiger partial charge in [0, 0.05) is 18.3 Å². The SMILES string of the molecule is C[C@@H]1CCO[C@@H](Cn2cc(C(=O)O)c(=O)cc2C(=O)O)N1. The summed E-state index contributed by atoms with van der Waals surface area (Å²) in [6.45, 7) is 2.61. The van der Waals surface area contributed by atoms with Gasteiger partial charge in [-0.3, -0.25) is 10.1 Å². The van der Waals surface area contributed by atoms with Gasteiger partial charge in [-0.25, -0.2) is 9.59 Å². The molecule has 0 bridgehead atoms. The van der Waals surface area contributed by atoms with Crippen molar-refractivity contribution in [3.8, 4) is 0 Å². The third-order valence-electron chi connectivity index (χ3n) is 3.28. The van der Waals surface area contributed by atoms with E-state index in [1.54, 1.807) is 0 Å². The van der Waals surface area contributed by atoms with Crippen LogP contribution >= 0.6 is 0 Å². The molecular formula is C13H16N2O6. The highest BCUT2D eigenvalue weighted by atomic mass is 16.5. The Labute approximate surface area is 120 Å². The van der Waals surface area contributed by atoms with Crippen LogP contribution in [-0.2, 0) is 11.3 Å². The van der Waals surface area contributed by atoms with Crippen molar-refractivity contribution in [2.24, 2.45) is 0 Å². The minimum atomic E-state index is -1.39. The largest absolute Gasteiger partial charge is 0.477 e. The fourth-order valence-electron chi connectivity index (χ4n) is 2.19. The van der Waals surface area contributed by atoms with Crippen LogP contribution in [0.25, 0.3) is 0 Å². The lowest BCUT2D eigenvalue weighted by Gasteiger charge is -2.30. The molecule has 8 nitrogen and oxygen atoms in total. The summed E-state index contributed by atoms with van der Waals surface area (Å²) in [7, 11) is 0. The molecule has 0 amide bonds. The molecule has 0 spiro atoms. The highest BCUT2D eigenvalue weighted by Gasteiger charge is 2.22. The van der Waals surface area contributed by atoms with Crippen molar-refractivity contribution in [2.45, 2.75) is 32.2 Å². The molecular weight excluding hydrogens is 280 g/mol. The summed E-state index contributed by atoms with van der Waals surface area (Å²) < 4.78 is 6.68. The smallest absolute Gasteiger partial charge is 0.352 e. The first-order valence-electron chi connectivity index (χ1n) is 6.47. The van der Waals surface area contributed by atoms with Crippen LogP contribution in [0.5, 0.6) is 0 Å². The highest BCUT2D eigenvalue weighted by molar-refractivity contribution is 5.90. The number of pyridine rings is 1. The lowest BCUT2D eigenvalue weighted by molar-refractivity contribution is -0.0248. The van der Waals surface area contributed by atoms with Gasteiger partial charge in [0.15, 0.2) is 5.43 Å². The first-order valence-corrected chi connectivity index (χ1v) is 6.47. The van der Waals surface area contributed by atoms with E-state index < -0.39 is 29.2 Å². The van der Waals surface area contributed by atoms with E-state index in [4.69, 9.17) is 14.9 Å². The second-order valence-corrected chi connectivity index (χ2v) is 4.92. The molecule has 2 atom stereocenters. The first kappa shape index (κ1) is 15.2. The third-order valence-corrected chi connectivity index (χ3v) is 3.28. The fraction of sp³-hybridized carbons (Fsp3) is 0.462. The average molecular weight is 296 g/mol. The molecule has 1 fully saturated rings. The number of aromatic nitrogens is 1. The second kappa shape index (κ2) is 6.06. The van der Waals surface area contributed by atoms with Gasteiger partial charge < -0.3 is 19.5 Å². The van der Waals surface area contributed by atoms with Crippen LogP contribution in [0.1, 0.15) is 34.2 Å². The molecule has 1 aromatic rings. The molecule has 0 saturated carbocycles. The van der Waals surface area contributed by atoms with Crippen LogP contribution in [0.3, 0.4) is 0 Å². The Morgan fingerprint density at radius 1 is 1.43 bits per heavy atom. The summed E-state index contributed by atoms with van der Waals surface area (Å²) >= 11 is 0. The van der Waals surface area contributed by atoms with Crippen LogP contribution in [0, 0.1) is 0 Å². The molecule has 1 aliphatic rings. The predicted octanol–water partition coefficient (Wildman–Crippen LogP) is -0.0308. The zero-order valence-electron chi connectivity index (χ0n) is 11.4. The minimum Gasteiger partial charge on any atom is -0.477 e. The van der Waals surface area contributed by atoms with Crippen LogP contribution < -0.4 is 10.7 Å². The number of hydrogen-bond donors (Lipinski definition) is 3. The zero-order chi connectivity index (χ0) is 15.6. The Bertz CT molecular complexity index is 624. The van der Waals surface area contributed by atoms with Gasteiger partial charge in [-0.05, 0) is 13.3 Å². The van der Waals surface area contributed by atoms with E-state index >= 15 is 0 Å². The number of rotatable bonds is 4. The maximum absolute atomic E-state index is 11.6. The van der Waals surface area contributed by atoms with Crippen LogP contribution in [-0.4, -0.2) is 45.6 Å². The minimum absolute atomic E-state index is 0.104. The quantitative estimate of drug-likeness (QED) is 0.714. The van der Waals surface area contributed by atoms with Crippen molar-refractivity contribution in [1.29, 1.82) is 0 Å². The van der Waals surface area contributed by atoms with Crippen molar-refractivity contribution in [3.63, 3.8) is 0 Å². The molecule has 2 heterocycles. The molecule has 114 valence electrons. The number of nitrogens with zero attached hydrogens (tertiary/aromatic N) is 1. The van der Waals surface area contributed by atoms with Crippen LogP contribution in [0.4, 0.5) is 0 Å². The normalized spacial score (nSPS) is 22.0. The van der Waals surface area contributed by atoms with E-state index in [9.17, 15) is 14.4 Å². The van der Waals surface area contributed by atoms with Crippen molar-refractivity contribution in [3.05, 3.63) is 33.7 Å². The topological polar surface area (TPSA) is 118 Å². The monoisotopic (exact) mass is 296 g/mol. The molecule has 1 saturated heterocycles. The Kier molecular flexibility index (Phi) is 4.39. The van der Waals surface area contributed by atoms with Gasteiger partial charge in [0.1, 0.15) is 17.5 Å². The highest BCUT2D eigenvalue weighted by Crippen LogP contribution is 2.09. The van der Waals surface area contributed by atoms with E-state index in [1.165, 1.54) is 4.57 Å². The van der Waals surface area contributed by atoms with Gasteiger partial charge in [0.2, 0.25) is 0 Å².